The van der Waals surface area contributed by atoms with Crippen LogP contribution in [-0.4, -0.2) is 17.6 Å². The molecule has 0 rings (SSSR count). The number of aliphatic carboxylic acids is 1. The summed E-state index contributed by atoms with van der Waals surface area (Å²) in [4.78, 5) is 10.7. The maximum absolute atomic E-state index is 10.7. The maximum atomic E-state index is 10.7. The number of hydrogen-bond donors (Lipinski definition) is 2. The summed E-state index contributed by atoms with van der Waals surface area (Å²) in [7, 11) is 0. The molecule has 0 amide bonds. The normalized spacial score (nSPS) is 14.5. The van der Waals surface area contributed by atoms with E-state index in [0.29, 0.717) is 0 Å². The van der Waals surface area contributed by atoms with Gasteiger partial charge in [-0.3, -0.25) is 4.79 Å². The van der Waals surface area contributed by atoms with Gasteiger partial charge < -0.3 is 10.8 Å². The number of carboxylic acid groups (broad SMARTS) is 1. The van der Waals surface area contributed by atoms with Gasteiger partial charge in [0.15, 0.2) is 0 Å². The highest BCUT2D eigenvalue weighted by Crippen LogP contribution is 2.29. The third-order valence-electron chi connectivity index (χ3n) is 2.39. The van der Waals surface area contributed by atoms with Crippen molar-refractivity contribution in [3.63, 3.8) is 0 Å². The molecule has 3 nitrogen and oxygen atoms in total. The summed E-state index contributed by atoms with van der Waals surface area (Å²) >= 11 is 0. The van der Waals surface area contributed by atoms with Crippen molar-refractivity contribution in [1.82, 2.24) is 0 Å². The number of nitrogens with two attached hydrogens (primary N) is 1. The van der Waals surface area contributed by atoms with E-state index < -0.39 is 11.9 Å². The van der Waals surface area contributed by atoms with Crippen molar-refractivity contribution in [3.05, 3.63) is 0 Å². The van der Waals surface area contributed by atoms with Gasteiger partial charge in [-0.15, -0.1) is 0 Å². The van der Waals surface area contributed by atoms with Crippen LogP contribution < -0.4 is 5.73 Å². The lowest BCUT2D eigenvalue weighted by Gasteiger charge is -2.28. The Hall–Kier alpha value is -0.570. The minimum Gasteiger partial charge on any atom is -0.481 e. The summed E-state index contributed by atoms with van der Waals surface area (Å²) in [5.41, 5.74) is 5.16. The Labute approximate surface area is 67.6 Å². The molecule has 0 saturated heterocycles. The van der Waals surface area contributed by atoms with E-state index in [1.54, 1.807) is 0 Å². The molecule has 11 heavy (non-hydrogen) atoms. The average molecular weight is 159 g/mol. The van der Waals surface area contributed by atoms with Gasteiger partial charge in [0.25, 0.3) is 0 Å². The second kappa shape index (κ2) is 3.72. The van der Waals surface area contributed by atoms with Crippen molar-refractivity contribution in [2.75, 3.05) is 6.54 Å². The molecule has 0 aromatic carbocycles. The number of hydrogen-bond acceptors (Lipinski definition) is 2. The van der Waals surface area contributed by atoms with Gasteiger partial charge in [-0.1, -0.05) is 27.2 Å². The van der Waals surface area contributed by atoms with Gasteiger partial charge in [-0.05, 0) is 5.41 Å². The second-order valence-electron chi connectivity index (χ2n) is 3.47. The predicted molar refractivity (Wildman–Crippen MR) is 44.3 cm³/mol. The molecule has 0 saturated carbocycles. The highest BCUT2D eigenvalue weighted by atomic mass is 16.4. The van der Waals surface area contributed by atoms with Gasteiger partial charge in [0.2, 0.25) is 0 Å². The Balaban J connectivity index is 4.36. The molecule has 66 valence electrons. The second-order valence-corrected chi connectivity index (χ2v) is 3.47. The fourth-order valence-electron chi connectivity index (χ4n) is 1.00. The first kappa shape index (κ1) is 10.4. The molecule has 0 bridgehead atoms. The van der Waals surface area contributed by atoms with Crippen LogP contribution >= 0.6 is 0 Å². The Bertz CT molecular complexity index is 143. The van der Waals surface area contributed by atoms with E-state index in [4.69, 9.17) is 10.8 Å². The van der Waals surface area contributed by atoms with Crippen LogP contribution in [0.15, 0.2) is 0 Å². The molecule has 1 atom stereocenters. The van der Waals surface area contributed by atoms with Crippen LogP contribution in [0.1, 0.15) is 27.2 Å². The predicted octanol–water partition coefficient (Wildman–Crippen LogP) is 1.08. The molecular weight excluding hydrogens is 142 g/mol. The zero-order valence-corrected chi connectivity index (χ0v) is 7.42. The van der Waals surface area contributed by atoms with E-state index in [1.165, 1.54) is 0 Å². The van der Waals surface area contributed by atoms with Crippen LogP contribution in [0.5, 0.6) is 0 Å². The highest BCUT2D eigenvalue weighted by Gasteiger charge is 2.32. The Morgan fingerprint density at radius 1 is 1.64 bits per heavy atom. The van der Waals surface area contributed by atoms with Crippen LogP contribution in [0.25, 0.3) is 0 Å². The van der Waals surface area contributed by atoms with Crippen molar-refractivity contribution in [1.29, 1.82) is 0 Å². The van der Waals surface area contributed by atoms with Gasteiger partial charge in [-0.25, -0.2) is 0 Å². The quantitative estimate of drug-likeness (QED) is 0.645. The van der Waals surface area contributed by atoms with Crippen molar-refractivity contribution in [2.24, 2.45) is 17.1 Å². The lowest BCUT2D eigenvalue weighted by molar-refractivity contribution is -0.145. The maximum Gasteiger partial charge on any atom is 0.308 e. The lowest BCUT2D eigenvalue weighted by atomic mass is 9.77. The fraction of sp³-hybridized carbons (Fsp3) is 0.875. The van der Waals surface area contributed by atoms with E-state index in [9.17, 15) is 4.79 Å². The summed E-state index contributed by atoms with van der Waals surface area (Å²) in [6.45, 7) is 6.05. The Morgan fingerprint density at radius 3 is 2.18 bits per heavy atom. The molecule has 0 aliphatic carbocycles. The van der Waals surface area contributed by atoms with E-state index >= 15 is 0 Å². The number of rotatable bonds is 4. The third-order valence-corrected chi connectivity index (χ3v) is 2.39. The van der Waals surface area contributed by atoms with E-state index in [0.717, 1.165) is 6.42 Å². The van der Waals surface area contributed by atoms with Gasteiger partial charge in [0.05, 0.1) is 5.92 Å². The molecule has 0 aliphatic heterocycles. The Kier molecular flexibility index (Phi) is 3.52. The summed E-state index contributed by atoms with van der Waals surface area (Å²) in [6, 6.07) is 0. The van der Waals surface area contributed by atoms with Gasteiger partial charge in [0, 0.05) is 6.54 Å². The van der Waals surface area contributed by atoms with Gasteiger partial charge in [0.1, 0.15) is 0 Å². The van der Waals surface area contributed by atoms with Crippen molar-refractivity contribution < 1.29 is 9.90 Å². The van der Waals surface area contributed by atoms with Crippen LogP contribution in [0, 0.1) is 11.3 Å². The molecule has 0 aromatic rings. The van der Waals surface area contributed by atoms with E-state index in [-0.39, 0.29) is 12.0 Å². The lowest BCUT2D eigenvalue weighted by Crippen LogP contribution is -2.36. The molecular formula is C8H17NO2. The molecule has 0 aliphatic rings. The minimum absolute atomic E-state index is 0.194. The smallest absolute Gasteiger partial charge is 0.308 e. The molecule has 0 heterocycles. The van der Waals surface area contributed by atoms with E-state index in [2.05, 4.69) is 0 Å². The average Bonchev–Trinajstić information content (AvgIpc) is 1.88. The zero-order valence-electron chi connectivity index (χ0n) is 7.42. The van der Waals surface area contributed by atoms with Crippen LogP contribution in [0.2, 0.25) is 0 Å². The highest BCUT2D eigenvalue weighted by molar-refractivity contribution is 5.71. The van der Waals surface area contributed by atoms with E-state index in [1.807, 2.05) is 20.8 Å². The number of carbonyl (C=O) groups is 1. The molecule has 0 radical (unpaired) electrons. The number of carboxylic acids is 1. The SMILES string of the molecule is CCC(C)(C)C(CN)C(=O)O. The Morgan fingerprint density at radius 2 is 2.09 bits per heavy atom. The summed E-state index contributed by atoms with van der Waals surface area (Å²) < 4.78 is 0. The van der Waals surface area contributed by atoms with Gasteiger partial charge >= 0.3 is 5.97 Å². The topological polar surface area (TPSA) is 63.3 Å². The molecule has 3 heteroatoms. The monoisotopic (exact) mass is 159 g/mol. The van der Waals surface area contributed by atoms with Crippen LogP contribution in [-0.2, 0) is 4.79 Å². The zero-order chi connectivity index (χ0) is 9.07. The first-order valence-electron chi connectivity index (χ1n) is 3.88. The van der Waals surface area contributed by atoms with Crippen LogP contribution in [0.3, 0.4) is 0 Å². The molecule has 1 unspecified atom stereocenters. The molecule has 3 N–H and O–H groups in total. The van der Waals surface area contributed by atoms with Crippen molar-refractivity contribution >= 4 is 5.97 Å². The van der Waals surface area contributed by atoms with Crippen LogP contribution in [0.4, 0.5) is 0 Å². The first-order chi connectivity index (χ1) is 4.95. The van der Waals surface area contributed by atoms with Crippen molar-refractivity contribution in [2.45, 2.75) is 27.2 Å². The van der Waals surface area contributed by atoms with Crippen molar-refractivity contribution in [3.8, 4) is 0 Å². The molecule has 0 spiro atoms. The largest absolute Gasteiger partial charge is 0.481 e. The minimum atomic E-state index is -0.792. The first-order valence-corrected chi connectivity index (χ1v) is 3.88. The third kappa shape index (κ3) is 2.50. The molecule has 0 fully saturated rings. The standard InChI is InChI=1S/C8H17NO2/c1-4-8(2,3)6(5-9)7(10)11/h6H,4-5,9H2,1-3H3,(H,10,11). The fourth-order valence-corrected chi connectivity index (χ4v) is 1.00. The summed E-state index contributed by atoms with van der Waals surface area (Å²) in [5, 5.41) is 8.76. The molecule has 0 aromatic heterocycles. The summed E-state index contributed by atoms with van der Waals surface area (Å²) in [6.07, 6.45) is 0.834. The summed E-state index contributed by atoms with van der Waals surface area (Å²) in [5.74, 6) is -1.22. The van der Waals surface area contributed by atoms with Gasteiger partial charge in [-0.2, -0.15) is 0 Å².